The molecule has 2 fully saturated rings. The Labute approximate surface area is 103 Å². The smallest absolute Gasteiger partial charge is 0.315 e. The Balaban J connectivity index is 1.70. The molecule has 4 nitrogen and oxygen atoms in total. The molecule has 17 heavy (non-hydrogen) atoms. The highest BCUT2D eigenvalue weighted by Gasteiger charge is 2.33. The van der Waals surface area contributed by atoms with Gasteiger partial charge in [0, 0.05) is 12.6 Å². The molecular formula is C13H24N2O2. The van der Waals surface area contributed by atoms with Crippen molar-refractivity contribution in [2.75, 3.05) is 6.54 Å². The molecule has 2 rings (SSSR count). The summed E-state index contributed by atoms with van der Waals surface area (Å²) < 4.78 is 0. The van der Waals surface area contributed by atoms with E-state index >= 15 is 0 Å². The maximum Gasteiger partial charge on any atom is 0.315 e. The first-order valence-corrected chi connectivity index (χ1v) is 6.84. The number of rotatable bonds is 3. The summed E-state index contributed by atoms with van der Waals surface area (Å²) in [7, 11) is 0. The van der Waals surface area contributed by atoms with E-state index < -0.39 is 5.60 Å². The zero-order chi connectivity index (χ0) is 12.3. The van der Waals surface area contributed by atoms with Crippen LogP contribution in [-0.2, 0) is 0 Å². The van der Waals surface area contributed by atoms with Crippen LogP contribution < -0.4 is 10.6 Å². The lowest BCUT2D eigenvalue weighted by Crippen LogP contribution is -2.51. The molecule has 0 aromatic heterocycles. The summed E-state index contributed by atoms with van der Waals surface area (Å²) in [5.41, 5.74) is -0.686. The van der Waals surface area contributed by atoms with Crippen molar-refractivity contribution in [3.63, 3.8) is 0 Å². The highest BCUT2D eigenvalue weighted by molar-refractivity contribution is 5.74. The van der Waals surface area contributed by atoms with Crippen molar-refractivity contribution < 1.29 is 9.90 Å². The van der Waals surface area contributed by atoms with E-state index in [9.17, 15) is 9.90 Å². The fourth-order valence-electron chi connectivity index (χ4n) is 2.83. The zero-order valence-electron chi connectivity index (χ0n) is 10.7. The van der Waals surface area contributed by atoms with Gasteiger partial charge in [0.05, 0.1) is 5.60 Å². The van der Waals surface area contributed by atoms with Crippen LogP contribution in [0.25, 0.3) is 0 Å². The minimum Gasteiger partial charge on any atom is -0.388 e. The van der Waals surface area contributed by atoms with Gasteiger partial charge in [0.2, 0.25) is 0 Å². The molecule has 4 heteroatoms. The largest absolute Gasteiger partial charge is 0.388 e. The fourth-order valence-corrected chi connectivity index (χ4v) is 2.83. The second-order valence-electron chi connectivity index (χ2n) is 5.88. The first-order chi connectivity index (χ1) is 8.07. The summed E-state index contributed by atoms with van der Waals surface area (Å²) in [6.07, 6.45) is 7.26. The monoisotopic (exact) mass is 240 g/mol. The predicted molar refractivity (Wildman–Crippen MR) is 66.8 cm³/mol. The van der Waals surface area contributed by atoms with Gasteiger partial charge in [0.25, 0.3) is 0 Å². The van der Waals surface area contributed by atoms with Crippen molar-refractivity contribution in [2.45, 2.75) is 63.5 Å². The lowest BCUT2D eigenvalue weighted by molar-refractivity contribution is -0.00962. The lowest BCUT2D eigenvalue weighted by Gasteiger charge is -2.36. The van der Waals surface area contributed by atoms with E-state index in [1.54, 1.807) is 0 Å². The van der Waals surface area contributed by atoms with Gasteiger partial charge in [-0.25, -0.2) is 4.79 Å². The van der Waals surface area contributed by atoms with Crippen LogP contribution in [0.3, 0.4) is 0 Å². The number of carbonyl (C=O) groups is 1. The van der Waals surface area contributed by atoms with Gasteiger partial charge in [0.15, 0.2) is 0 Å². The minimum atomic E-state index is -0.686. The standard InChI is InChI=1S/C13H24N2O2/c1-10-4-3-7-13(17,8-10)9-14-12(16)15-11-5-2-6-11/h10-11,17H,2-9H2,1H3,(H2,14,15,16). The molecule has 0 heterocycles. The molecule has 2 aliphatic rings. The summed E-state index contributed by atoms with van der Waals surface area (Å²) in [5, 5.41) is 16.1. The van der Waals surface area contributed by atoms with Gasteiger partial charge in [-0.3, -0.25) is 0 Å². The average Bonchev–Trinajstić information content (AvgIpc) is 2.20. The van der Waals surface area contributed by atoms with E-state index in [0.29, 0.717) is 18.5 Å². The number of nitrogens with one attached hydrogen (secondary N) is 2. The van der Waals surface area contributed by atoms with Gasteiger partial charge in [-0.2, -0.15) is 0 Å². The fraction of sp³-hybridized carbons (Fsp3) is 0.923. The van der Waals surface area contributed by atoms with Crippen LogP contribution >= 0.6 is 0 Å². The molecule has 2 saturated carbocycles. The van der Waals surface area contributed by atoms with Gasteiger partial charge in [0.1, 0.15) is 0 Å². The molecule has 2 amide bonds. The average molecular weight is 240 g/mol. The molecule has 0 saturated heterocycles. The van der Waals surface area contributed by atoms with Gasteiger partial charge >= 0.3 is 6.03 Å². The van der Waals surface area contributed by atoms with Gasteiger partial charge in [-0.05, 0) is 38.0 Å². The summed E-state index contributed by atoms with van der Waals surface area (Å²) in [6, 6.07) is 0.233. The van der Waals surface area contributed by atoms with Gasteiger partial charge < -0.3 is 15.7 Å². The molecule has 0 radical (unpaired) electrons. The van der Waals surface area contributed by atoms with Crippen LogP contribution in [0, 0.1) is 5.92 Å². The van der Waals surface area contributed by atoms with Crippen molar-refractivity contribution in [3.05, 3.63) is 0 Å². The molecule has 98 valence electrons. The molecule has 0 spiro atoms. The maximum atomic E-state index is 11.6. The molecular weight excluding hydrogens is 216 g/mol. The van der Waals surface area contributed by atoms with Crippen LogP contribution in [0.5, 0.6) is 0 Å². The van der Waals surface area contributed by atoms with E-state index in [-0.39, 0.29) is 6.03 Å². The Morgan fingerprint density at radius 3 is 2.71 bits per heavy atom. The molecule has 0 aromatic rings. The number of carbonyl (C=O) groups excluding carboxylic acids is 1. The Hall–Kier alpha value is -0.770. The molecule has 0 aromatic carbocycles. The first kappa shape index (κ1) is 12.7. The molecule has 2 atom stereocenters. The molecule has 0 bridgehead atoms. The van der Waals surface area contributed by atoms with Gasteiger partial charge in [-0.15, -0.1) is 0 Å². The second kappa shape index (κ2) is 5.25. The number of urea groups is 1. The topological polar surface area (TPSA) is 61.4 Å². The van der Waals surface area contributed by atoms with Gasteiger partial charge in [-0.1, -0.05) is 19.8 Å². The normalized spacial score (nSPS) is 33.9. The van der Waals surface area contributed by atoms with Crippen LogP contribution in [0.15, 0.2) is 0 Å². The van der Waals surface area contributed by atoms with Crippen LogP contribution in [-0.4, -0.2) is 29.3 Å². The first-order valence-electron chi connectivity index (χ1n) is 6.84. The van der Waals surface area contributed by atoms with E-state index in [1.807, 2.05) is 0 Å². The third kappa shape index (κ3) is 3.60. The third-order valence-electron chi connectivity index (χ3n) is 4.09. The van der Waals surface area contributed by atoms with E-state index in [0.717, 1.165) is 32.1 Å². The van der Waals surface area contributed by atoms with E-state index in [2.05, 4.69) is 17.6 Å². The Bertz CT molecular complexity index is 279. The Kier molecular flexibility index (Phi) is 3.92. The highest BCUT2D eigenvalue weighted by Crippen LogP contribution is 2.31. The third-order valence-corrected chi connectivity index (χ3v) is 4.09. The summed E-state index contributed by atoms with van der Waals surface area (Å²) >= 11 is 0. The number of hydrogen-bond donors (Lipinski definition) is 3. The van der Waals surface area contributed by atoms with Crippen molar-refractivity contribution >= 4 is 6.03 Å². The lowest BCUT2D eigenvalue weighted by atomic mass is 9.79. The zero-order valence-corrected chi connectivity index (χ0v) is 10.7. The van der Waals surface area contributed by atoms with Crippen molar-refractivity contribution in [2.24, 2.45) is 5.92 Å². The summed E-state index contributed by atoms with van der Waals surface area (Å²) in [5.74, 6) is 0.560. The molecule has 2 aliphatic carbocycles. The van der Waals surface area contributed by atoms with Crippen LogP contribution in [0.2, 0.25) is 0 Å². The second-order valence-corrected chi connectivity index (χ2v) is 5.88. The quantitative estimate of drug-likeness (QED) is 0.704. The summed E-state index contributed by atoms with van der Waals surface area (Å²) in [6.45, 7) is 2.55. The molecule has 2 unspecified atom stereocenters. The van der Waals surface area contributed by atoms with E-state index in [4.69, 9.17) is 0 Å². The van der Waals surface area contributed by atoms with Crippen molar-refractivity contribution in [1.82, 2.24) is 10.6 Å². The highest BCUT2D eigenvalue weighted by atomic mass is 16.3. The SMILES string of the molecule is CC1CCCC(O)(CNC(=O)NC2CCC2)C1. The molecule has 3 N–H and O–H groups in total. The van der Waals surface area contributed by atoms with Crippen LogP contribution in [0.4, 0.5) is 4.79 Å². The number of aliphatic hydroxyl groups is 1. The Morgan fingerprint density at radius 2 is 2.12 bits per heavy atom. The van der Waals surface area contributed by atoms with E-state index in [1.165, 1.54) is 12.8 Å². The Morgan fingerprint density at radius 1 is 1.35 bits per heavy atom. The minimum absolute atomic E-state index is 0.124. The van der Waals surface area contributed by atoms with Crippen molar-refractivity contribution in [1.29, 1.82) is 0 Å². The van der Waals surface area contributed by atoms with Crippen LogP contribution in [0.1, 0.15) is 51.9 Å². The number of hydrogen-bond acceptors (Lipinski definition) is 2. The molecule has 0 aliphatic heterocycles. The number of amides is 2. The van der Waals surface area contributed by atoms with Crippen molar-refractivity contribution in [3.8, 4) is 0 Å². The summed E-state index contributed by atoms with van der Waals surface area (Å²) in [4.78, 5) is 11.6. The predicted octanol–water partition coefficient (Wildman–Crippen LogP) is 1.78. The maximum absolute atomic E-state index is 11.6.